The van der Waals surface area contributed by atoms with Gasteiger partial charge in [-0.15, -0.1) is 0 Å². The second-order valence-corrected chi connectivity index (χ2v) is 5.87. The average molecular weight is 301 g/mol. The molecule has 0 unspecified atom stereocenters. The lowest BCUT2D eigenvalue weighted by Gasteiger charge is -2.32. The van der Waals surface area contributed by atoms with Gasteiger partial charge in [-0.25, -0.2) is 0 Å². The summed E-state index contributed by atoms with van der Waals surface area (Å²) >= 11 is 0. The van der Waals surface area contributed by atoms with E-state index in [0.29, 0.717) is 25.3 Å². The molecule has 0 radical (unpaired) electrons. The summed E-state index contributed by atoms with van der Waals surface area (Å²) < 4.78 is 5.75. The van der Waals surface area contributed by atoms with Gasteiger partial charge in [0.15, 0.2) is 0 Å². The Morgan fingerprint density at radius 2 is 2.14 bits per heavy atom. The molecule has 0 saturated carbocycles. The first-order valence-corrected chi connectivity index (χ1v) is 7.56. The van der Waals surface area contributed by atoms with Gasteiger partial charge in [0.25, 0.3) is 0 Å². The molecule has 5 nitrogen and oxygen atoms in total. The molecule has 1 aromatic heterocycles. The van der Waals surface area contributed by atoms with E-state index in [0.717, 1.165) is 17.4 Å². The van der Waals surface area contributed by atoms with Gasteiger partial charge in [-0.3, -0.25) is 9.59 Å². The summed E-state index contributed by atoms with van der Waals surface area (Å²) in [5.41, 5.74) is 0.763. The van der Waals surface area contributed by atoms with Crippen LogP contribution in [0.1, 0.15) is 31.4 Å². The van der Waals surface area contributed by atoms with Crippen LogP contribution in [0.2, 0.25) is 0 Å². The third kappa shape index (κ3) is 2.71. The van der Waals surface area contributed by atoms with Crippen molar-refractivity contribution < 1.29 is 19.1 Å². The Balaban J connectivity index is 1.77. The van der Waals surface area contributed by atoms with Crippen molar-refractivity contribution in [3.05, 3.63) is 36.1 Å². The maximum absolute atomic E-state index is 12.6. The number of hydrogen-bond donors (Lipinski definition) is 1. The zero-order valence-corrected chi connectivity index (χ0v) is 12.5. The van der Waals surface area contributed by atoms with Crippen LogP contribution in [0.15, 0.2) is 34.7 Å². The van der Waals surface area contributed by atoms with Gasteiger partial charge in [-0.05, 0) is 31.9 Å². The number of carboxylic acids is 1. The first kappa shape index (κ1) is 14.6. The van der Waals surface area contributed by atoms with Gasteiger partial charge in [-0.2, -0.15) is 0 Å². The molecule has 0 aliphatic carbocycles. The number of nitrogens with zero attached hydrogens (tertiary/aromatic N) is 1. The number of rotatable bonds is 3. The Labute approximate surface area is 128 Å². The number of hydrogen-bond acceptors (Lipinski definition) is 3. The third-order valence-electron chi connectivity index (χ3n) is 4.32. The van der Waals surface area contributed by atoms with Crippen molar-refractivity contribution in [3.63, 3.8) is 0 Å². The van der Waals surface area contributed by atoms with Crippen molar-refractivity contribution in [3.8, 4) is 0 Å². The lowest BCUT2D eigenvalue weighted by atomic mass is 9.96. The monoisotopic (exact) mass is 301 g/mol. The summed E-state index contributed by atoms with van der Waals surface area (Å²) in [5.74, 6) is -1.12. The highest BCUT2D eigenvalue weighted by Crippen LogP contribution is 2.28. The van der Waals surface area contributed by atoms with E-state index in [4.69, 9.17) is 9.52 Å². The van der Waals surface area contributed by atoms with Crippen LogP contribution < -0.4 is 0 Å². The van der Waals surface area contributed by atoms with E-state index in [1.165, 1.54) is 0 Å². The van der Waals surface area contributed by atoms with E-state index in [9.17, 15) is 9.59 Å². The van der Waals surface area contributed by atoms with Crippen molar-refractivity contribution in [2.45, 2.75) is 25.7 Å². The molecule has 3 rings (SSSR count). The molecule has 116 valence electrons. The highest BCUT2D eigenvalue weighted by atomic mass is 16.4. The molecule has 1 aromatic carbocycles. The fraction of sp³-hybridized carbons (Fsp3) is 0.412. The molecule has 5 heteroatoms. The number of carbonyl (C=O) groups is 2. The molecule has 2 heterocycles. The van der Waals surface area contributed by atoms with Gasteiger partial charge >= 0.3 is 5.97 Å². The van der Waals surface area contributed by atoms with Gasteiger partial charge in [0.1, 0.15) is 11.3 Å². The minimum Gasteiger partial charge on any atom is -0.481 e. The number of piperidine rings is 1. The number of fused-ring (bicyclic) bond motifs is 1. The number of carbonyl (C=O) groups excluding carboxylic acids is 1. The Kier molecular flexibility index (Phi) is 3.88. The molecular formula is C17H19NO4. The maximum atomic E-state index is 12.6. The molecule has 0 spiro atoms. The molecule has 1 saturated heterocycles. The summed E-state index contributed by atoms with van der Waals surface area (Å²) in [7, 11) is 0. The molecular weight excluding hydrogens is 282 g/mol. The summed E-state index contributed by atoms with van der Waals surface area (Å²) in [6.45, 7) is 2.72. The Morgan fingerprint density at radius 1 is 1.36 bits per heavy atom. The lowest BCUT2D eigenvalue weighted by molar-refractivity contribution is -0.146. The number of furan rings is 1. The SMILES string of the molecule is C[C@H](C(=O)N1CCC[C@@H](C(=O)O)C1)c1cc2ccccc2o1. The molecule has 22 heavy (non-hydrogen) atoms. The smallest absolute Gasteiger partial charge is 0.308 e. The number of aliphatic carboxylic acids is 1. The second-order valence-electron chi connectivity index (χ2n) is 5.87. The number of amides is 1. The maximum Gasteiger partial charge on any atom is 0.308 e. The van der Waals surface area contributed by atoms with Crippen molar-refractivity contribution in [2.75, 3.05) is 13.1 Å². The zero-order chi connectivity index (χ0) is 15.7. The Morgan fingerprint density at radius 3 is 2.86 bits per heavy atom. The van der Waals surface area contributed by atoms with E-state index in [-0.39, 0.29) is 5.91 Å². The normalized spacial score (nSPS) is 20.0. The van der Waals surface area contributed by atoms with Crippen molar-refractivity contribution in [1.82, 2.24) is 4.90 Å². The molecule has 1 aliphatic rings. The molecule has 1 amide bonds. The van der Waals surface area contributed by atoms with Crippen LogP contribution in [0.25, 0.3) is 11.0 Å². The van der Waals surface area contributed by atoms with Crippen molar-refractivity contribution in [2.24, 2.45) is 5.92 Å². The van der Waals surface area contributed by atoms with Crippen LogP contribution in [0.3, 0.4) is 0 Å². The molecule has 1 fully saturated rings. The first-order valence-electron chi connectivity index (χ1n) is 7.56. The van der Waals surface area contributed by atoms with Gasteiger partial charge < -0.3 is 14.4 Å². The summed E-state index contributed by atoms with van der Waals surface area (Å²) in [6.07, 6.45) is 1.37. The van der Waals surface area contributed by atoms with Crippen LogP contribution in [0, 0.1) is 5.92 Å². The lowest BCUT2D eigenvalue weighted by Crippen LogP contribution is -2.43. The van der Waals surface area contributed by atoms with E-state index in [1.807, 2.05) is 37.3 Å². The van der Waals surface area contributed by atoms with Crippen LogP contribution >= 0.6 is 0 Å². The highest BCUT2D eigenvalue weighted by Gasteiger charge is 2.31. The summed E-state index contributed by atoms with van der Waals surface area (Å²) in [5, 5.41) is 10.1. The Hall–Kier alpha value is -2.30. The fourth-order valence-electron chi connectivity index (χ4n) is 2.99. The molecule has 1 N–H and O–H groups in total. The number of carboxylic acid groups (broad SMARTS) is 1. The zero-order valence-electron chi connectivity index (χ0n) is 12.5. The highest BCUT2D eigenvalue weighted by molar-refractivity contribution is 5.86. The average Bonchev–Trinajstić information content (AvgIpc) is 2.97. The topological polar surface area (TPSA) is 70.8 Å². The standard InChI is InChI=1S/C17H19NO4/c1-11(15-9-12-5-2-3-7-14(12)22-15)16(19)18-8-4-6-13(10-18)17(20)21/h2-3,5,7,9,11,13H,4,6,8,10H2,1H3,(H,20,21)/t11-,13+/m0/s1. The van der Waals surface area contributed by atoms with Crippen LogP contribution in [-0.4, -0.2) is 35.0 Å². The van der Waals surface area contributed by atoms with Crippen molar-refractivity contribution >= 4 is 22.8 Å². The summed E-state index contributed by atoms with van der Waals surface area (Å²) in [4.78, 5) is 25.4. The van der Waals surface area contributed by atoms with Gasteiger partial charge in [0.05, 0.1) is 11.8 Å². The van der Waals surface area contributed by atoms with E-state index < -0.39 is 17.8 Å². The van der Waals surface area contributed by atoms with Crippen LogP contribution in [-0.2, 0) is 9.59 Å². The van der Waals surface area contributed by atoms with Crippen LogP contribution in [0.5, 0.6) is 0 Å². The minimum absolute atomic E-state index is 0.0648. The third-order valence-corrected chi connectivity index (χ3v) is 4.32. The van der Waals surface area contributed by atoms with Gasteiger partial charge in [0.2, 0.25) is 5.91 Å². The second kappa shape index (κ2) is 5.83. The van der Waals surface area contributed by atoms with E-state index in [1.54, 1.807) is 4.90 Å². The predicted octanol–water partition coefficient (Wildman–Crippen LogP) is 2.86. The molecule has 2 aromatic rings. The Bertz CT molecular complexity index is 673. The number of para-hydroxylation sites is 1. The number of likely N-dealkylation sites (tertiary alicyclic amines) is 1. The van der Waals surface area contributed by atoms with Crippen LogP contribution in [0.4, 0.5) is 0 Å². The van der Waals surface area contributed by atoms with Gasteiger partial charge in [0, 0.05) is 18.5 Å². The molecule has 1 aliphatic heterocycles. The van der Waals surface area contributed by atoms with E-state index in [2.05, 4.69) is 0 Å². The molecule has 0 bridgehead atoms. The summed E-state index contributed by atoms with van der Waals surface area (Å²) in [6, 6.07) is 9.52. The quantitative estimate of drug-likeness (QED) is 0.946. The van der Waals surface area contributed by atoms with Gasteiger partial charge in [-0.1, -0.05) is 18.2 Å². The molecule has 2 atom stereocenters. The number of benzene rings is 1. The van der Waals surface area contributed by atoms with Crippen molar-refractivity contribution in [1.29, 1.82) is 0 Å². The predicted molar refractivity (Wildman–Crippen MR) is 81.6 cm³/mol. The first-order chi connectivity index (χ1) is 10.6. The minimum atomic E-state index is -0.825. The fourth-order valence-corrected chi connectivity index (χ4v) is 2.99. The largest absolute Gasteiger partial charge is 0.481 e. The van der Waals surface area contributed by atoms with E-state index >= 15 is 0 Å².